The van der Waals surface area contributed by atoms with Gasteiger partial charge >= 0.3 is 0 Å². The van der Waals surface area contributed by atoms with Gasteiger partial charge in [0.15, 0.2) is 5.16 Å². The Balaban J connectivity index is 2.01. The fraction of sp³-hybridized carbons (Fsp3) is 0.353. The molecule has 2 aromatic rings. The number of thioether (sulfide) groups is 1. The number of aromatic amines is 1. The maximum absolute atomic E-state index is 12.3. The number of ether oxygens (including phenoxy) is 1. The molecular weight excluding hydrogens is 326 g/mol. The number of carbonyl (C=O) groups excluding carboxylic acids is 1. The Morgan fingerprint density at radius 1 is 1.38 bits per heavy atom. The third kappa shape index (κ3) is 5.13. The Bertz CT molecular complexity index is 743. The highest BCUT2D eigenvalue weighted by Crippen LogP contribution is 2.21. The van der Waals surface area contributed by atoms with Crippen LogP contribution in [-0.4, -0.2) is 28.2 Å². The van der Waals surface area contributed by atoms with Crippen LogP contribution in [0.1, 0.15) is 26.0 Å². The van der Waals surface area contributed by atoms with Gasteiger partial charge < -0.3 is 15.0 Å². The van der Waals surface area contributed by atoms with Crippen molar-refractivity contribution in [3.05, 3.63) is 46.4 Å². The molecule has 1 atom stereocenters. The number of H-pyrrole nitrogens is 1. The van der Waals surface area contributed by atoms with Crippen LogP contribution in [0.15, 0.2) is 40.3 Å². The summed E-state index contributed by atoms with van der Waals surface area (Å²) in [5.41, 5.74) is 1.24. The van der Waals surface area contributed by atoms with Crippen molar-refractivity contribution in [1.29, 1.82) is 0 Å². The van der Waals surface area contributed by atoms with Crippen molar-refractivity contribution in [3.63, 3.8) is 0 Å². The minimum absolute atomic E-state index is 0.159. The molecule has 0 aliphatic heterocycles. The van der Waals surface area contributed by atoms with Crippen molar-refractivity contribution in [2.24, 2.45) is 0 Å². The van der Waals surface area contributed by atoms with Gasteiger partial charge in [-0.1, -0.05) is 25.1 Å². The van der Waals surface area contributed by atoms with Crippen LogP contribution in [0.25, 0.3) is 0 Å². The summed E-state index contributed by atoms with van der Waals surface area (Å²) >= 11 is 1.23. The van der Waals surface area contributed by atoms with Crippen molar-refractivity contribution in [3.8, 4) is 5.75 Å². The number of carbonyl (C=O) groups is 1. The van der Waals surface area contributed by atoms with Crippen LogP contribution in [0.2, 0.25) is 0 Å². The second-order valence-electron chi connectivity index (χ2n) is 5.27. The van der Waals surface area contributed by atoms with E-state index in [-0.39, 0.29) is 11.5 Å². The molecule has 1 unspecified atom stereocenters. The van der Waals surface area contributed by atoms with Crippen molar-refractivity contribution in [2.75, 3.05) is 12.4 Å². The van der Waals surface area contributed by atoms with Gasteiger partial charge in [-0.15, -0.1) is 0 Å². The van der Waals surface area contributed by atoms with Gasteiger partial charge in [0.1, 0.15) is 5.75 Å². The SMILES string of the molecule is CCCc1cc(=O)[nH]c(SC(C)C(=O)Nc2ccc(OC)cc2)n1. The average Bonchev–Trinajstić information content (AvgIpc) is 2.55. The summed E-state index contributed by atoms with van der Waals surface area (Å²) in [6.07, 6.45) is 1.65. The van der Waals surface area contributed by atoms with Crippen LogP contribution < -0.4 is 15.6 Å². The topological polar surface area (TPSA) is 84.1 Å². The zero-order valence-corrected chi connectivity index (χ0v) is 14.8. The largest absolute Gasteiger partial charge is 0.497 e. The van der Waals surface area contributed by atoms with E-state index >= 15 is 0 Å². The number of hydrogen-bond acceptors (Lipinski definition) is 5. The number of methoxy groups -OCH3 is 1. The Morgan fingerprint density at radius 3 is 2.71 bits per heavy atom. The number of anilines is 1. The first-order chi connectivity index (χ1) is 11.5. The number of aryl methyl sites for hydroxylation is 1. The van der Waals surface area contributed by atoms with E-state index in [0.29, 0.717) is 10.8 Å². The lowest BCUT2D eigenvalue weighted by molar-refractivity contribution is -0.115. The van der Waals surface area contributed by atoms with Crippen LogP contribution in [0.3, 0.4) is 0 Å². The normalized spacial score (nSPS) is 11.8. The van der Waals surface area contributed by atoms with Gasteiger partial charge in [0, 0.05) is 17.4 Å². The lowest BCUT2D eigenvalue weighted by atomic mass is 10.2. The number of nitrogens with one attached hydrogen (secondary N) is 2. The van der Waals surface area contributed by atoms with Gasteiger partial charge in [0.2, 0.25) is 5.91 Å². The second kappa shape index (κ2) is 8.54. The van der Waals surface area contributed by atoms with Crippen molar-refractivity contribution < 1.29 is 9.53 Å². The average molecular weight is 347 g/mol. The molecule has 1 aromatic heterocycles. The van der Waals surface area contributed by atoms with Gasteiger partial charge in [-0.3, -0.25) is 9.59 Å². The molecule has 0 spiro atoms. The van der Waals surface area contributed by atoms with Crippen LogP contribution in [0, 0.1) is 0 Å². The van der Waals surface area contributed by atoms with E-state index < -0.39 is 5.25 Å². The molecule has 1 amide bonds. The number of aromatic nitrogens is 2. The highest BCUT2D eigenvalue weighted by Gasteiger charge is 2.16. The molecule has 0 aliphatic carbocycles. The summed E-state index contributed by atoms with van der Waals surface area (Å²) in [7, 11) is 1.59. The second-order valence-corrected chi connectivity index (χ2v) is 6.60. The fourth-order valence-corrected chi connectivity index (χ4v) is 2.89. The lowest BCUT2D eigenvalue weighted by Crippen LogP contribution is -2.23. The maximum Gasteiger partial charge on any atom is 0.251 e. The molecule has 2 rings (SSSR count). The minimum atomic E-state index is -0.396. The first kappa shape index (κ1) is 18.1. The Kier molecular flexibility index (Phi) is 6.43. The number of amides is 1. The van der Waals surface area contributed by atoms with Gasteiger partial charge in [0.05, 0.1) is 12.4 Å². The monoisotopic (exact) mass is 347 g/mol. The molecule has 0 saturated carbocycles. The smallest absolute Gasteiger partial charge is 0.251 e. The van der Waals surface area contributed by atoms with Crippen molar-refractivity contribution in [1.82, 2.24) is 9.97 Å². The van der Waals surface area contributed by atoms with Crippen LogP contribution in [0.5, 0.6) is 5.75 Å². The molecule has 0 radical (unpaired) electrons. The van der Waals surface area contributed by atoms with Gasteiger partial charge in [-0.25, -0.2) is 4.98 Å². The van der Waals surface area contributed by atoms with E-state index in [2.05, 4.69) is 15.3 Å². The molecule has 0 fully saturated rings. The molecule has 128 valence electrons. The number of rotatable bonds is 7. The molecular formula is C17H21N3O3S. The molecule has 2 N–H and O–H groups in total. The summed E-state index contributed by atoms with van der Waals surface area (Å²) in [6, 6.07) is 8.60. The molecule has 0 saturated heterocycles. The van der Waals surface area contributed by atoms with E-state index in [9.17, 15) is 9.59 Å². The van der Waals surface area contributed by atoms with E-state index in [1.807, 2.05) is 6.92 Å². The van der Waals surface area contributed by atoms with E-state index in [1.165, 1.54) is 17.8 Å². The lowest BCUT2D eigenvalue weighted by Gasteiger charge is -2.12. The van der Waals surface area contributed by atoms with Crippen molar-refractivity contribution in [2.45, 2.75) is 37.1 Å². The summed E-state index contributed by atoms with van der Waals surface area (Å²) in [6.45, 7) is 3.80. The number of benzene rings is 1. The van der Waals surface area contributed by atoms with Crippen LogP contribution in [-0.2, 0) is 11.2 Å². The summed E-state index contributed by atoms with van der Waals surface area (Å²) in [5, 5.41) is 2.90. The van der Waals surface area contributed by atoms with Crippen molar-refractivity contribution >= 4 is 23.4 Å². The fourth-order valence-electron chi connectivity index (χ4n) is 2.06. The standard InChI is InChI=1S/C17H21N3O3S/c1-4-5-13-10-15(21)20-17(19-13)24-11(2)16(22)18-12-6-8-14(23-3)9-7-12/h6-11H,4-5H2,1-3H3,(H,18,22)(H,19,20,21). The first-order valence-corrected chi connectivity index (χ1v) is 8.61. The third-order valence-electron chi connectivity index (χ3n) is 3.29. The Morgan fingerprint density at radius 2 is 2.08 bits per heavy atom. The molecule has 0 aliphatic rings. The molecule has 0 bridgehead atoms. The molecule has 6 nitrogen and oxygen atoms in total. The van der Waals surface area contributed by atoms with E-state index in [1.54, 1.807) is 38.3 Å². The molecule has 1 aromatic carbocycles. The summed E-state index contributed by atoms with van der Waals surface area (Å²) in [4.78, 5) is 31.0. The van der Waals surface area contributed by atoms with Gasteiger partial charge in [-0.2, -0.15) is 0 Å². The summed E-state index contributed by atoms with van der Waals surface area (Å²) < 4.78 is 5.08. The minimum Gasteiger partial charge on any atom is -0.497 e. The number of nitrogens with zero attached hydrogens (tertiary/aromatic N) is 1. The quantitative estimate of drug-likeness (QED) is 0.594. The van der Waals surface area contributed by atoms with Gasteiger partial charge in [-0.05, 0) is 37.6 Å². The van der Waals surface area contributed by atoms with Gasteiger partial charge in [0.25, 0.3) is 5.56 Å². The number of hydrogen-bond donors (Lipinski definition) is 2. The summed E-state index contributed by atoms with van der Waals surface area (Å²) in [5.74, 6) is 0.568. The molecule has 24 heavy (non-hydrogen) atoms. The molecule has 7 heteroatoms. The van der Waals surface area contributed by atoms with E-state index in [0.717, 1.165) is 24.3 Å². The Hall–Kier alpha value is -2.28. The molecule has 1 heterocycles. The zero-order chi connectivity index (χ0) is 17.5. The van der Waals surface area contributed by atoms with Crippen LogP contribution >= 0.6 is 11.8 Å². The first-order valence-electron chi connectivity index (χ1n) is 7.73. The predicted molar refractivity (Wildman–Crippen MR) is 95.8 cm³/mol. The predicted octanol–water partition coefficient (Wildman–Crippen LogP) is 2.85. The maximum atomic E-state index is 12.3. The van der Waals surface area contributed by atoms with Crippen LogP contribution in [0.4, 0.5) is 5.69 Å². The Labute approximate surface area is 145 Å². The third-order valence-corrected chi connectivity index (χ3v) is 4.28. The highest BCUT2D eigenvalue weighted by atomic mass is 32.2. The zero-order valence-electron chi connectivity index (χ0n) is 14.0. The highest BCUT2D eigenvalue weighted by molar-refractivity contribution is 8.00. The van der Waals surface area contributed by atoms with E-state index in [4.69, 9.17) is 4.74 Å².